The number of nitrogens with zero attached hydrogens (tertiary/aromatic N) is 5. The van der Waals surface area contributed by atoms with Crippen LogP contribution in [0.15, 0.2) is 51.9 Å². The highest BCUT2D eigenvalue weighted by atomic mass is 32.2. The van der Waals surface area contributed by atoms with Crippen molar-refractivity contribution in [2.75, 3.05) is 6.61 Å². The summed E-state index contributed by atoms with van der Waals surface area (Å²) in [6, 6.07) is 9.50. The smallest absolute Gasteiger partial charge is 0.258 e. The highest BCUT2D eigenvalue weighted by Gasteiger charge is 2.22. The van der Waals surface area contributed by atoms with Crippen LogP contribution >= 0.6 is 23.1 Å². The quantitative estimate of drug-likeness (QED) is 0.426. The Labute approximate surface area is 181 Å². The normalized spacial score (nSPS) is 16.5. The summed E-state index contributed by atoms with van der Waals surface area (Å²) in [7, 11) is 0. The molecule has 1 fully saturated rings. The van der Waals surface area contributed by atoms with Crippen LogP contribution in [0.25, 0.3) is 16.3 Å². The first kappa shape index (κ1) is 19.5. The number of aryl methyl sites for hydroxylation is 1. The van der Waals surface area contributed by atoms with Gasteiger partial charge in [0, 0.05) is 24.6 Å². The Hall–Kier alpha value is -2.49. The van der Waals surface area contributed by atoms with Crippen molar-refractivity contribution in [2.24, 2.45) is 0 Å². The lowest BCUT2D eigenvalue weighted by Gasteiger charge is -2.14. The Morgan fingerprint density at radius 3 is 3.03 bits per heavy atom. The molecule has 4 aromatic heterocycles. The summed E-state index contributed by atoms with van der Waals surface area (Å²) in [6.45, 7) is 3.51. The van der Waals surface area contributed by atoms with Crippen molar-refractivity contribution in [2.45, 2.75) is 43.3 Å². The van der Waals surface area contributed by atoms with Gasteiger partial charge in [0.1, 0.15) is 5.65 Å². The fourth-order valence-electron chi connectivity index (χ4n) is 3.66. The standard InChI is InChI=1S/C21H21N5O2S2/c1-14-5-2-8-25-18(27)11-15(22-19(14)25)13-30-21-24-23-20(17-7-4-10-29-17)26(21)12-16-6-3-9-28-16/h2,4-5,7-8,10-11,16H,3,6,9,12-13H2,1H3. The monoisotopic (exact) mass is 439 g/mol. The first-order valence-electron chi connectivity index (χ1n) is 9.88. The molecule has 1 aliphatic heterocycles. The maximum Gasteiger partial charge on any atom is 0.258 e. The summed E-state index contributed by atoms with van der Waals surface area (Å²) in [4.78, 5) is 18.3. The maximum atomic E-state index is 12.5. The minimum atomic E-state index is -0.0700. The van der Waals surface area contributed by atoms with Crippen LogP contribution < -0.4 is 5.56 Å². The number of pyridine rings is 1. The van der Waals surface area contributed by atoms with Gasteiger partial charge in [0.05, 0.1) is 23.2 Å². The molecular weight excluding hydrogens is 418 g/mol. The van der Waals surface area contributed by atoms with Crippen LogP contribution in [-0.2, 0) is 17.0 Å². The number of rotatable bonds is 6. The van der Waals surface area contributed by atoms with Gasteiger partial charge in [-0.25, -0.2) is 4.98 Å². The van der Waals surface area contributed by atoms with E-state index < -0.39 is 0 Å². The molecule has 9 heteroatoms. The van der Waals surface area contributed by atoms with Crippen LogP contribution in [0.1, 0.15) is 24.1 Å². The Morgan fingerprint density at radius 1 is 1.30 bits per heavy atom. The number of thiophene rings is 1. The second-order valence-electron chi connectivity index (χ2n) is 7.29. The van der Waals surface area contributed by atoms with E-state index in [0.29, 0.717) is 11.4 Å². The summed E-state index contributed by atoms with van der Waals surface area (Å²) in [5.74, 6) is 1.42. The molecule has 5 heterocycles. The fourth-order valence-corrected chi connectivity index (χ4v) is 5.22. The molecule has 1 aliphatic rings. The van der Waals surface area contributed by atoms with E-state index in [-0.39, 0.29) is 11.7 Å². The van der Waals surface area contributed by atoms with Gasteiger partial charge in [-0.3, -0.25) is 13.8 Å². The molecule has 0 spiro atoms. The summed E-state index contributed by atoms with van der Waals surface area (Å²) in [5.41, 5.74) is 2.34. The fraction of sp³-hybridized carbons (Fsp3) is 0.333. The van der Waals surface area contributed by atoms with E-state index >= 15 is 0 Å². The molecule has 5 rings (SSSR count). The zero-order valence-corrected chi connectivity index (χ0v) is 18.2. The molecule has 0 bridgehead atoms. The molecular formula is C21H21N5O2S2. The molecule has 0 N–H and O–H groups in total. The number of fused-ring (bicyclic) bond motifs is 1. The molecule has 0 aliphatic carbocycles. The molecule has 1 unspecified atom stereocenters. The summed E-state index contributed by atoms with van der Waals surface area (Å²) in [6.07, 6.45) is 4.08. The Kier molecular flexibility index (Phi) is 5.41. The van der Waals surface area contributed by atoms with E-state index in [4.69, 9.17) is 9.72 Å². The van der Waals surface area contributed by atoms with E-state index in [1.807, 2.05) is 30.5 Å². The van der Waals surface area contributed by atoms with Gasteiger partial charge < -0.3 is 4.74 Å². The van der Waals surface area contributed by atoms with Gasteiger partial charge in [-0.15, -0.1) is 21.5 Å². The van der Waals surface area contributed by atoms with E-state index in [2.05, 4.69) is 20.8 Å². The minimum Gasteiger partial charge on any atom is -0.376 e. The molecule has 4 aromatic rings. The topological polar surface area (TPSA) is 74.3 Å². The average molecular weight is 440 g/mol. The van der Waals surface area contributed by atoms with Crippen molar-refractivity contribution in [3.8, 4) is 10.7 Å². The first-order valence-corrected chi connectivity index (χ1v) is 11.7. The molecule has 1 saturated heterocycles. The van der Waals surface area contributed by atoms with Crippen LogP contribution in [-0.4, -0.2) is 36.9 Å². The number of hydrogen-bond donors (Lipinski definition) is 0. The lowest BCUT2D eigenvalue weighted by atomic mass is 10.2. The van der Waals surface area contributed by atoms with Crippen molar-refractivity contribution in [3.05, 3.63) is 63.5 Å². The lowest BCUT2D eigenvalue weighted by Crippen LogP contribution is -2.17. The van der Waals surface area contributed by atoms with Gasteiger partial charge in [-0.05, 0) is 42.8 Å². The van der Waals surface area contributed by atoms with Crippen LogP contribution in [0.2, 0.25) is 0 Å². The van der Waals surface area contributed by atoms with Crippen molar-refractivity contribution in [3.63, 3.8) is 0 Å². The van der Waals surface area contributed by atoms with Crippen LogP contribution in [0, 0.1) is 6.92 Å². The van der Waals surface area contributed by atoms with Gasteiger partial charge in [0.15, 0.2) is 11.0 Å². The zero-order chi connectivity index (χ0) is 20.5. The van der Waals surface area contributed by atoms with Gasteiger partial charge in [-0.2, -0.15) is 0 Å². The Bertz CT molecular complexity index is 1230. The van der Waals surface area contributed by atoms with Crippen molar-refractivity contribution in [1.29, 1.82) is 0 Å². The maximum absolute atomic E-state index is 12.5. The molecule has 0 aromatic carbocycles. The summed E-state index contributed by atoms with van der Waals surface area (Å²) < 4.78 is 9.58. The Morgan fingerprint density at radius 2 is 2.23 bits per heavy atom. The van der Waals surface area contributed by atoms with E-state index in [1.165, 1.54) is 0 Å². The second kappa shape index (κ2) is 8.33. The molecule has 154 valence electrons. The SMILES string of the molecule is Cc1cccn2c(=O)cc(CSc3nnc(-c4cccs4)n3CC3CCCO3)nc12. The van der Waals surface area contributed by atoms with Gasteiger partial charge >= 0.3 is 0 Å². The molecule has 1 atom stereocenters. The lowest BCUT2D eigenvalue weighted by molar-refractivity contribution is 0.0953. The van der Waals surface area contributed by atoms with Crippen molar-refractivity contribution >= 4 is 28.7 Å². The summed E-state index contributed by atoms with van der Waals surface area (Å²) >= 11 is 3.20. The highest BCUT2D eigenvalue weighted by Crippen LogP contribution is 2.30. The summed E-state index contributed by atoms with van der Waals surface area (Å²) in [5, 5.41) is 11.8. The predicted octanol–water partition coefficient (Wildman–Crippen LogP) is 3.79. The molecule has 0 saturated carbocycles. The average Bonchev–Trinajstić information content (AvgIpc) is 3.50. The van der Waals surface area contributed by atoms with Crippen LogP contribution in [0.3, 0.4) is 0 Å². The third kappa shape index (κ3) is 3.80. The van der Waals surface area contributed by atoms with E-state index in [0.717, 1.165) is 53.1 Å². The van der Waals surface area contributed by atoms with Crippen molar-refractivity contribution < 1.29 is 4.74 Å². The molecule has 7 nitrogen and oxygen atoms in total. The number of hydrogen-bond acceptors (Lipinski definition) is 7. The number of aromatic nitrogens is 5. The number of ether oxygens (including phenoxy) is 1. The first-order chi connectivity index (χ1) is 14.7. The van der Waals surface area contributed by atoms with Crippen LogP contribution in [0.5, 0.6) is 0 Å². The third-order valence-electron chi connectivity index (χ3n) is 5.16. The van der Waals surface area contributed by atoms with Gasteiger partial charge in [0.2, 0.25) is 0 Å². The predicted molar refractivity (Wildman–Crippen MR) is 118 cm³/mol. The largest absolute Gasteiger partial charge is 0.376 e. The van der Waals surface area contributed by atoms with Gasteiger partial charge in [0.25, 0.3) is 5.56 Å². The molecule has 0 radical (unpaired) electrons. The van der Waals surface area contributed by atoms with E-state index in [9.17, 15) is 4.79 Å². The third-order valence-corrected chi connectivity index (χ3v) is 7.02. The number of thioether (sulfide) groups is 1. The molecule has 0 amide bonds. The molecule has 30 heavy (non-hydrogen) atoms. The Balaban J connectivity index is 1.44. The van der Waals surface area contributed by atoms with Crippen molar-refractivity contribution in [1.82, 2.24) is 24.1 Å². The van der Waals surface area contributed by atoms with E-state index in [1.54, 1.807) is 39.8 Å². The zero-order valence-electron chi connectivity index (χ0n) is 16.5. The minimum absolute atomic E-state index is 0.0700. The van der Waals surface area contributed by atoms with Gasteiger partial charge in [-0.1, -0.05) is 23.9 Å². The van der Waals surface area contributed by atoms with Crippen LogP contribution in [0.4, 0.5) is 0 Å². The highest BCUT2D eigenvalue weighted by molar-refractivity contribution is 7.98. The second-order valence-corrected chi connectivity index (χ2v) is 9.18.